The summed E-state index contributed by atoms with van der Waals surface area (Å²) < 4.78 is 0. The van der Waals surface area contributed by atoms with Crippen LogP contribution in [0.1, 0.15) is 74.2 Å². The molecule has 0 radical (unpaired) electrons. The van der Waals surface area contributed by atoms with Crippen molar-refractivity contribution < 1.29 is 5.11 Å². The first-order valence-electron chi connectivity index (χ1n) is 10.8. The van der Waals surface area contributed by atoms with Crippen LogP contribution in [0, 0.1) is 6.92 Å². The molecule has 3 aliphatic rings. The lowest BCUT2D eigenvalue weighted by atomic mass is 9.90. The molecule has 2 fully saturated rings. The Labute approximate surface area is 174 Å². The van der Waals surface area contributed by atoms with Crippen LogP contribution in [0.4, 0.5) is 0 Å². The maximum Gasteiger partial charge on any atom is 0.0872 e. The molecule has 1 saturated heterocycles. The zero-order valence-electron chi connectivity index (χ0n) is 17.6. The first kappa shape index (κ1) is 19.9. The predicted octanol–water partition coefficient (Wildman–Crippen LogP) is 6.27. The van der Waals surface area contributed by atoms with Crippen LogP contribution in [0.3, 0.4) is 0 Å². The van der Waals surface area contributed by atoms with E-state index in [2.05, 4.69) is 42.2 Å². The third kappa shape index (κ3) is 3.51. The fraction of sp³-hybridized carbons (Fsp3) is 0.520. The Bertz CT molecular complexity index is 876. The number of β-amino-alcohol motifs (C(OH)–C–C–N with tert-alkyl or cyclic N) is 1. The summed E-state index contributed by atoms with van der Waals surface area (Å²) in [5.41, 5.74) is 7.72. The highest BCUT2D eigenvalue weighted by Crippen LogP contribution is 2.46. The zero-order valence-corrected chi connectivity index (χ0v) is 18.3. The van der Waals surface area contributed by atoms with Gasteiger partial charge in [0, 0.05) is 24.2 Å². The van der Waals surface area contributed by atoms with E-state index in [1.807, 2.05) is 20.8 Å². The van der Waals surface area contributed by atoms with E-state index in [4.69, 9.17) is 11.6 Å². The van der Waals surface area contributed by atoms with Crippen molar-refractivity contribution >= 4 is 11.6 Å². The van der Waals surface area contributed by atoms with Gasteiger partial charge in [-0.25, -0.2) is 0 Å². The number of rotatable bonds is 3. The summed E-state index contributed by atoms with van der Waals surface area (Å²) in [6, 6.07) is 11.7. The average molecular weight is 398 g/mol. The summed E-state index contributed by atoms with van der Waals surface area (Å²) >= 11 is 6.57. The van der Waals surface area contributed by atoms with E-state index in [0.717, 1.165) is 31.0 Å². The summed E-state index contributed by atoms with van der Waals surface area (Å²) in [4.78, 5) is 2.42. The number of hydrogen-bond acceptors (Lipinski definition) is 2. The number of halogens is 1. The highest BCUT2D eigenvalue weighted by atomic mass is 35.5. The molecule has 1 saturated carbocycles. The molecule has 2 aliphatic carbocycles. The van der Waals surface area contributed by atoms with E-state index in [1.54, 1.807) is 0 Å². The summed E-state index contributed by atoms with van der Waals surface area (Å²) in [7, 11) is 0. The minimum absolute atomic E-state index is 0.471. The van der Waals surface area contributed by atoms with Gasteiger partial charge in [0.25, 0.3) is 0 Å². The molecule has 0 spiro atoms. The van der Waals surface area contributed by atoms with Crippen LogP contribution in [0.2, 0.25) is 5.02 Å². The standard InChI is InChI=1S/C23H26ClNO.C2H6/c1-14-17(16-5-6-19(15-3-4-15)21(24)11-16)7-8-20-18(14)9-10-22(20)25-12-23(2,26)13-25;1-2/h5-8,11,15,22,26H,3-4,9-10,12-13H2,1-2H3;1-2H3. The number of benzene rings is 2. The fourth-order valence-electron chi connectivity index (χ4n) is 5.02. The maximum absolute atomic E-state index is 10.1. The van der Waals surface area contributed by atoms with Crippen molar-refractivity contribution in [1.29, 1.82) is 0 Å². The summed E-state index contributed by atoms with van der Waals surface area (Å²) in [6.45, 7) is 9.76. The van der Waals surface area contributed by atoms with Gasteiger partial charge in [0.1, 0.15) is 0 Å². The molecule has 28 heavy (non-hydrogen) atoms. The van der Waals surface area contributed by atoms with Crippen molar-refractivity contribution in [3.8, 4) is 11.1 Å². The van der Waals surface area contributed by atoms with E-state index in [-0.39, 0.29) is 0 Å². The molecule has 5 rings (SSSR count). The van der Waals surface area contributed by atoms with Crippen LogP contribution in [0.5, 0.6) is 0 Å². The lowest BCUT2D eigenvalue weighted by Crippen LogP contribution is -2.60. The van der Waals surface area contributed by atoms with E-state index in [1.165, 1.54) is 46.2 Å². The van der Waals surface area contributed by atoms with Gasteiger partial charge >= 0.3 is 0 Å². The Morgan fingerprint density at radius 2 is 1.71 bits per heavy atom. The highest BCUT2D eigenvalue weighted by molar-refractivity contribution is 6.31. The first-order valence-corrected chi connectivity index (χ1v) is 11.2. The van der Waals surface area contributed by atoms with Gasteiger partial charge in [-0.2, -0.15) is 0 Å². The van der Waals surface area contributed by atoms with Crippen LogP contribution < -0.4 is 0 Å². The zero-order chi connectivity index (χ0) is 20.1. The van der Waals surface area contributed by atoms with Crippen molar-refractivity contribution in [2.24, 2.45) is 0 Å². The van der Waals surface area contributed by atoms with Crippen LogP contribution in [-0.2, 0) is 6.42 Å². The van der Waals surface area contributed by atoms with Crippen molar-refractivity contribution in [3.05, 3.63) is 57.6 Å². The van der Waals surface area contributed by atoms with Gasteiger partial charge in [-0.15, -0.1) is 0 Å². The van der Waals surface area contributed by atoms with Gasteiger partial charge in [0.15, 0.2) is 0 Å². The van der Waals surface area contributed by atoms with Crippen molar-refractivity contribution in [3.63, 3.8) is 0 Å². The molecule has 1 aliphatic heterocycles. The summed E-state index contributed by atoms with van der Waals surface area (Å²) in [5, 5.41) is 11.0. The average Bonchev–Trinajstić information content (AvgIpc) is 3.40. The van der Waals surface area contributed by atoms with Crippen molar-refractivity contribution in [2.45, 2.75) is 70.9 Å². The number of likely N-dealkylation sites (tertiary alicyclic amines) is 1. The molecule has 2 aromatic carbocycles. The van der Waals surface area contributed by atoms with Gasteiger partial charge in [0.2, 0.25) is 0 Å². The SMILES string of the molecule is CC.Cc1c(-c2ccc(C3CC3)c(Cl)c2)ccc2c1CCC2N1CC(C)(O)C1. The van der Waals surface area contributed by atoms with E-state index in [0.29, 0.717) is 12.0 Å². The topological polar surface area (TPSA) is 23.5 Å². The van der Waals surface area contributed by atoms with E-state index < -0.39 is 5.60 Å². The molecule has 1 heterocycles. The second kappa shape index (κ2) is 7.48. The number of aliphatic hydroxyl groups is 1. The fourth-order valence-corrected chi connectivity index (χ4v) is 5.35. The Balaban J connectivity index is 0.000000932. The second-order valence-corrected chi connectivity index (χ2v) is 9.18. The van der Waals surface area contributed by atoms with Crippen LogP contribution >= 0.6 is 11.6 Å². The Morgan fingerprint density at radius 3 is 2.32 bits per heavy atom. The highest BCUT2D eigenvalue weighted by Gasteiger charge is 2.42. The lowest BCUT2D eigenvalue weighted by Gasteiger charge is -2.47. The van der Waals surface area contributed by atoms with E-state index in [9.17, 15) is 5.11 Å². The summed E-state index contributed by atoms with van der Waals surface area (Å²) in [6.07, 6.45) is 4.85. The molecule has 1 atom stereocenters. The third-order valence-electron chi connectivity index (χ3n) is 6.52. The minimum Gasteiger partial charge on any atom is -0.388 e. The van der Waals surface area contributed by atoms with Crippen LogP contribution in [0.15, 0.2) is 30.3 Å². The molecule has 2 aromatic rings. The van der Waals surface area contributed by atoms with Gasteiger partial charge in [-0.3, -0.25) is 4.90 Å². The van der Waals surface area contributed by atoms with E-state index >= 15 is 0 Å². The van der Waals surface area contributed by atoms with Crippen LogP contribution in [0.25, 0.3) is 11.1 Å². The number of fused-ring (bicyclic) bond motifs is 1. The monoisotopic (exact) mass is 397 g/mol. The minimum atomic E-state index is -0.502. The van der Waals surface area contributed by atoms with Gasteiger partial charge in [-0.1, -0.05) is 49.7 Å². The molecule has 0 amide bonds. The third-order valence-corrected chi connectivity index (χ3v) is 6.85. The normalized spacial score (nSPS) is 22.9. The second-order valence-electron chi connectivity index (χ2n) is 8.77. The van der Waals surface area contributed by atoms with Gasteiger partial charge in [0.05, 0.1) is 5.60 Å². The van der Waals surface area contributed by atoms with Crippen molar-refractivity contribution in [1.82, 2.24) is 4.90 Å². The van der Waals surface area contributed by atoms with Crippen LogP contribution in [-0.4, -0.2) is 28.7 Å². The molecule has 150 valence electrons. The smallest absolute Gasteiger partial charge is 0.0872 e. The molecule has 0 bridgehead atoms. The lowest BCUT2D eigenvalue weighted by molar-refractivity contribution is -0.103. The van der Waals surface area contributed by atoms with Gasteiger partial charge < -0.3 is 5.11 Å². The quantitative estimate of drug-likeness (QED) is 0.659. The van der Waals surface area contributed by atoms with Gasteiger partial charge in [-0.05, 0) is 84.9 Å². The molecule has 1 unspecified atom stereocenters. The molecule has 1 N–H and O–H groups in total. The maximum atomic E-state index is 10.1. The number of nitrogens with zero attached hydrogens (tertiary/aromatic N) is 1. The first-order chi connectivity index (χ1) is 13.4. The molecule has 2 nitrogen and oxygen atoms in total. The summed E-state index contributed by atoms with van der Waals surface area (Å²) in [5.74, 6) is 0.687. The molecule has 0 aromatic heterocycles. The molecule has 3 heteroatoms. The molecular formula is C25H32ClNO. The Kier molecular flexibility index (Phi) is 5.33. The molecular weight excluding hydrogens is 366 g/mol. The van der Waals surface area contributed by atoms with Crippen molar-refractivity contribution in [2.75, 3.05) is 13.1 Å². The number of hydrogen-bond donors (Lipinski definition) is 1. The predicted molar refractivity (Wildman–Crippen MR) is 118 cm³/mol. The largest absolute Gasteiger partial charge is 0.388 e. The Hall–Kier alpha value is -1.35. The Morgan fingerprint density at radius 1 is 1.04 bits per heavy atom.